The van der Waals surface area contributed by atoms with E-state index >= 15 is 0 Å². The SMILES string of the molecule is N#Cc1ccc(-c2ccc(Br)cc2)s1. The Morgan fingerprint density at radius 1 is 1.07 bits per heavy atom. The van der Waals surface area contributed by atoms with E-state index in [2.05, 4.69) is 22.0 Å². The predicted octanol–water partition coefficient (Wildman–Crippen LogP) is 4.05. The van der Waals surface area contributed by atoms with Crippen molar-refractivity contribution in [1.82, 2.24) is 0 Å². The van der Waals surface area contributed by atoms with E-state index in [1.54, 1.807) is 0 Å². The van der Waals surface area contributed by atoms with Crippen LogP contribution in [-0.4, -0.2) is 0 Å². The number of nitrogens with zero attached hydrogens (tertiary/aromatic N) is 1. The van der Waals surface area contributed by atoms with E-state index in [4.69, 9.17) is 5.26 Å². The minimum atomic E-state index is 0.753. The Hall–Kier alpha value is -1.11. The average Bonchev–Trinajstić information content (AvgIpc) is 2.67. The summed E-state index contributed by atoms with van der Waals surface area (Å²) in [5, 5.41) is 8.69. The van der Waals surface area contributed by atoms with Crippen molar-refractivity contribution in [1.29, 1.82) is 5.26 Å². The predicted molar refractivity (Wildman–Crippen MR) is 62.2 cm³/mol. The van der Waals surface area contributed by atoms with Crippen LogP contribution in [0.3, 0.4) is 0 Å². The third-order valence-electron chi connectivity index (χ3n) is 1.84. The standard InChI is InChI=1S/C11H6BrNS/c12-9-3-1-8(2-4-9)11-6-5-10(7-13)14-11/h1-6H. The number of hydrogen-bond acceptors (Lipinski definition) is 2. The van der Waals surface area contributed by atoms with Gasteiger partial charge in [-0.1, -0.05) is 28.1 Å². The van der Waals surface area contributed by atoms with Crippen LogP contribution in [0.1, 0.15) is 4.88 Å². The van der Waals surface area contributed by atoms with Gasteiger partial charge in [0.2, 0.25) is 0 Å². The van der Waals surface area contributed by atoms with E-state index in [0.29, 0.717) is 0 Å². The summed E-state index contributed by atoms with van der Waals surface area (Å²) in [5.74, 6) is 0. The molecule has 0 aliphatic carbocycles. The highest BCUT2D eigenvalue weighted by Gasteiger charge is 2.01. The highest BCUT2D eigenvalue weighted by Crippen LogP contribution is 2.28. The Balaban J connectivity index is 2.40. The van der Waals surface area contributed by atoms with Gasteiger partial charge in [0.25, 0.3) is 0 Å². The Kier molecular flexibility index (Phi) is 2.67. The number of nitriles is 1. The number of rotatable bonds is 1. The molecule has 1 heterocycles. The van der Waals surface area contributed by atoms with Gasteiger partial charge in [0.15, 0.2) is 0 Å². The van der Waals surface area contributed by atoms with Crippen LogP contribution in [0.25, 0.3) is 10.4 Å². The molecule has 0 radical (unpaired) electrons. The van der Waals surface area contributed by atoms with Crippen LogP contribution >= 0.6 is 27.3 Å². The van der Waals surface area contributed by atoms with Crippen LogP contribution in [0, 0.1) is 11.3 Å². The smallest absolute Gasteiger partial charge is 0.110 e. The van der Waals surface area contributed by atoms with E-state index in [9.17, 15) is 0 Å². The van der Waals surface area contributed by atoms with Crippen LogP contribution in [0.15, 0.2) is 40.9 Å². The molecule has 0 spiro atoms. The molecule has 68 valence electrons. The molecular formula is C11H6BrNS. The summed E-state index contributed by atoms with van der Waals surface area (Å²) < 4.78 is 1.07. The molecule has 0 N–H and O–H groups in total. The molecule has 0 saturated carbocycles. The maximum Gasteiger partial charge on any atom is 0.110 e. The van der Waals surface area contributed by atoms with Gasteiger partial charge in [-0.3, -0.25) is 0 Å². The molecule has 0 saturated heterocycles. The third-order valence-corrected chi connectivity index (χ3v) is 3.41. The van der Waals surface area contributed by atoms with Gasteiger partial charge in [-0.05, 0) is 29.8 Å². The second-order valence-electron chi connectivity index (χ2n) is 2.78. The summed E-state index contributed by atoms with van der Waals surface area (Å²) >= 11 is 4.90. The number of halogens is 1. The molecule has 1 aromatic heterocycles. The van der Waals surface area contributed by atoms with Crippen LogP contribution in [0.2, 0.25) is 0 Å². The molecule has 3 heteroatoms. The zero-order chi connectivity index (χ0) is 9.97. The lowest BCUT2D eigenvalue weighted by atomic mass is 10.2. The molecule has 0 amide bonds. The topological polar surface area (TPSA) is 23.8 Å². The maximum atomic E-state index is 8.69. The molecule has 0 bridgehead atoms. The largest absolute Gasteiger partial charge is 0.192 e. The molecule has 0 fully saturated rings. The molecule has 2 aromatic rings. The third kappa shape index (κ3) is 1.87. The zero-order valence-electron chi connectivity index (χ0n) is 7.20. The molecule has 0 aliphatic rings. The lowest BCUT2D eigenvalue weighted by Crippen LogP contribution is -1.70. The quantitative estimate of drug-likeness (QED) is 0.762. The van der Waals surface area contributed by atoms with Crippen LogP contribution in [-0.2, 0) is 0 Å². The van der Waals surface area contributed by atoms with Crippen LogP contribution in [0.4, 0.5) is 0 Å². The van der Waals surface area contributed by atoms with E-state index in [1.165, 1.54) is 11.3 Å². The fraction of sp³-hybridized carbons (Fsp3) is 0. The minimum Gasteiger partial charge on any atom is -0.192 e. The highest BCUT2D eigenvalue weighted by atomic mass is 79.9. The van der Waals surface area contributed by atoms with Gasteiger partial charge in [0.1, 0.15) is 10.9 Å². The van der Waals surface area contributed by atoms with Gasteiger partial charge >= 0.3 is 0 Å². The molecule has 1 nitrogen and oxygen atoms in total. The number of benzene rings is 1. The maximum absolute atomic E-state index is 8.69. The van der Waals surface area contributed by atoms with E-state index in [1.807, 2.05) is 36.4 Å². The summed E-state index contributed by atoms with van der Waals surface area (Å²) in [7, 11) is 0. The van der Waals surface area contributed by atoms with Crippen molar-refractivity contribution in [2.45, 2.75) is 0 Å². The zero-order valence-corrected chi connectivity index (χ0v) is 9.60. The lowest BCUT2D eigenvalue weighted by Gasteiger charge is -1.96. The van der Waals surface area contributed by atoms with Crippen molar-refractivity contribution >= 4 is 27.3 Å². The van der Waals surface area contributed by atoms with Crippen molar-refractivity contribution in [3.05, 3.63) is 45.7 Å². The first-order chi connectivity index (χ1) is 6.79. The van der Waals surface area contributed by atoms with Crippen molar-refractivity contribution in [2.24, 2.45) is 0 Å². The first-order valence-electron chi connectivity index (χ1n) is 4.05. The average molecular weight is 264 g/mol. The van der Waals surface area contributed by atoms with Crippen molar-refractivity contribution < 1.29 is 0 Å². The van der Waals surface area contributed by atoms with E-state index < -0.39 is 0 Å². The van der Waals surface area contributed by atoms with Crippen molar-refractivity contribution in [3.8, 4) is 16.5 Å². The van der Waals surface area contributed by atoms with Gasteiger partial charge < -0.3 is 0 Å². The van der Waals surface area contributed by atoms with E-state index in [-0.39, 0.29) is 0 Å². The van der Waals surface area contributed by atoms with Gasteiger partial charge in [-0.2, -0.15) is 5.26 Å². The van der Waals surface area contributed by atoms with Crippen molar-refractivity contribution in [3.63, 3.8) is 0 Å². The fourth-order valence-electron chi connectivity index (χ4n) is 1.17. The summed E-state index contributed by atoms with van der Waals surface area (Å²) in [6.07, 6.45) is 0. The Morgan fingerprint density at radius 3 is 2.36 bits per heavy atom. The fourth-order valence-corrected chi connectivity index (χ4v) is 2.24. The second kappa shape index (κ2) is 3.95. The molecule has 1 aromatic carbocycles. The van der Waals surface area contributed by atoms with Gasteiger partial charge in [-0.15, -0.1) is 11.3 Å². The number of thiophene rings is 1. The molecular weight excluding hydrogens is 258 g/mol. The van der Waals surface area contributed by atoms with Gasteiger partial charge in [0, 0.05) is 9.35 Å². The lowest BCUT2D eigenvalue weighted by molar-refractivity contribution is 1.52. The monoisotopic (exact) mass is 263 g/mol. The number of hydrogen-bond donors (Lipinski definition) is 0. The molecule has 2 rings (SSSR count). The Labute approximate surface area is 94.8 Å². The highest BCUT2D eigenvalue weighted by molar-refractivity contribution is 9.10. The summed E-state index contributed by atoms with van der Waals surface area (Å²) in [6.45, 7) is 0. The van der Waals surface area contributed by atoms with Crippen LogP contribution < -0.4 is 0 Å². The minimum absolute atomic E-state index is 0.753. The first kappa shape index (κ1) is 9.45. The Bertz CT molecular complexity index is 479. The summed E-state index contributed by atoms with van der Waals surface area (Å²) in [5.41, 5.74) is 1.15. The van der Waals surface area contributed by atoms with Crippen LogP contribution in [0.5, 0.6) is 0 Å². The summed E-state index contributed by atoms with van der Waals surface area (Å²) in [4.78, 5) is 1.89. The molecule has 0 atom stereocenters. The second-order valence-corrected chi connectivity index (χ2v) is 4.78. The van der Waals surface area contributed by atoms with Gasteiger partial charge in [0.05, 0.1) is 0 Å². The van der Waals surface area contributed by atoms with Crippen molar-refractivity contribution in [2.75, 3.05) is 0 Å². The van der Waals surface area contributed by atoms with E-state index in [0.717, 1.165) is 19.8 Å². The molecule has 14 heavy (non-hydrogen) atoms. The summed E-state index contributed by atoms with van der Waals surface area (Å²) in [6, 6.07) is 14.0. The first-order valence-corrected chi connectivity index (χ1v) is 5.66. The van der Waals surface area contributed by atoms with Gasteiger partial charge in [-0.25, -0.2) is 0 Å². The molecule has 0 aliphatic heterocycles. The Morgan fingerprint density at radius 2 is 1.79 bits per heavy atom. The normalized spacial score (nSPS) is 9.71. The molecule has 0 unspecified atom stereocenters.